The molecule has 2 aromatic heterocycles. The number of aromatic nitrogens is 1. The van der Waals surface area contributed by atoms with Gasteiger partial charge in [-0.2, -0.15) is 0 Å². The van der Waals surface area contributed by atoms with E-state index in [1.165, 1.54) is 17.6 Å². The maximum absolute atomic E-state index is 10.4. The molecule has 0 aliphatic carbocycles. The van der Waals surface area contributed by atoms with Gasteiger partial charge in [0, 0.05) is 0 Å². The van der Waals surface area contributed by atoms with Crippen LogP contribution in [0.4, 0.5) is 0 Å². The average molecular weight is 209 g/mol. The predicted octanol–water partition coefficient (Wildman–Crippen LogP) is 2.03. The molecule has 0 unspecified atom stereocenters. The monoisotopic (exact) mass is 209 g/mol. The van der Waals surface area contributed by atoms with Crippen LogP contribution in [0.25, 0.3) is 10.8 Å². The van der Waals surface area contributed by atoms with E-state index in [0.717, 1.165) is 4.88 Å². The van der Waals surface area contributed by atoms with Crippen LogP contribution in [0.2, 0.25) is 0 Å². The second kappa shape index (κ2) is 3.63. The molecule has 0 spiro atoms. The summed E-state index contributed by atoms with van der Waals surface area (Å²) in [5, 5.41) is 10.4. The third kappa shape index (κ3) is 1.82. The molecule has 2 rings (SSSR count). The van der Waals surface area contributed by atoms with Gasteiger partial charge >= 0.3 is 5.97 Å². The van der Waals surface area contributed by atoms with Crippen molar-refractivity contribution in [3.05, 3.63) is 29.5 Å². The maximum atomic E-state index is 10.4. The molecule has 2 heterocycles. The van der Waals surface area contributed by atoms with E-state index in [4.69, 9.17) is 9.52 Å². The number of aliphatic carboxylic acids is 1. The van der Waals surface area contributed by atoms with Crippen molar-refractivity contribution in [3.63, 3.8) is 0 Å². The van der Waals surface area contributed by atoms with E-state index in [1.54, 1.807) is 0 Å². The van der Waals surface area contributed by atoms with Gasteiger partial charge in [-0.15, -0.1) is 11.3 Å². The van der Waals surface area contributed by atoms with Crippen molar-refractivity contribution in [1.82, 2.24) is 4.98 Å². The Kier molecular flexibility index (Phi) is 2.32. The van der Waals surface area contributed by atoms with Crippen molar-refractivity contribution in [2.45, 2.75) is 6.42 Å². The van der Waals surface area contributed by atoms with E-state index in [1.807, 2.05) is 17.5 Å². The highest BCUT2D eigenvalue weighted by Gasteiger charge is 2.09. The number of carboxylic acid groups (broad SMARTS) is 1. The minimum atomic E-state index is -0.906. The third-order valence-corrected chi connectivity index (χ3v) is 2.47. The van der Waals surface area contributed by atoms with Gasteiger partial charge in [0.15, 0.2) is 0 Å². The summed E-state index contributed by atoms with van der Waals surface area (Å²) in [6.07, 6.45) is 1.28. The molecule has 0 saturated carbocycles. The number of nitrogens with zero attached hydrogens (tertiary/aromatic N) is 1. The van der Waals surface area contributed by atoms with E-state index in [-0.39, 0.29) is 6.42 Å². The van der Waals surface area contributed by atoms with Gasteiger partial charge in [0.05, 0.1) is 17.0 Å². The van der Waals surface area contributed by atoms with E-state index in [0.29, 0.717) is 11.6 Å². The van der Waals surface area contributed by atoms with Crippen LogP contribution < -0.4 is 0 Å². The van der Waals surface area contributed by atoms with Gasteiger partial charge in [0.2, 0.25) is 5.89 Å². The van der Waals surface area contributed by atoms with Crippen LogP contribution in [0.5, 0.6) is 0 Å². The van der Waals surface area contributed by atoms with Crippen LogP contribution in [-0.2, 0) is 11.2 Å². The van der Waals surface area contributed by atoms with Gasteiger partial charge in [-0.25, -0.2) is 4.98 Å². The van der Waals surface area contributed by atoms with Crippen molar-refractivity contribution >= 4 is 17.3 Å². The van der Waals surface area contributed by atoms with Crippen molar-refractivity contribution in [2.24, 2.45) is 0 Å². The van der Waals surface area contributed by atoms with Crippen molar-refractivity contribution in [1.29, 1.82) is 0 Å². The van der Waals surface area contributed by atoms with E-state index < -0.39 is 5.97 Å². The fourth-order valence-electron chi connectivity index (χ4n) is 1.06. The number of oxazole rings is 1. The van der Waals surface area contributed by atoms with Crippen LogP contribution in [0.3, 0.4) is 0 Å². The average Bonchev–Trinajstić information content (AvgIpc) is 2.69. The SMILES string of the molecule is O=C(O)Cc1coc(-c2cccs2)n1. The van der Waals surface area contributed by atoms with Crippen LogP contribution >= 0.6 is 11.3 Å². The minimum Gasteiger partial charge on any atom is -0.481 e. The molecule has 0 fully saturated rings. The second-order valence-electron chi connectivity index (χ2n) is 2.69. The first-order chi connectivity index (χ1) is 6.75. The molecule has 0 aromatic carbocycles. The van der Waals surface area contributed by atoms with Crippen LogP contribution in [0, 0.1) is 0 Å². The standard InChI is InChI=1S/C9H7NO3S/c11-8(12)4-6-5-13-9(10-6)7-2-1-3-14-7/h1-3,5H,4H2,(H,11,12). The Labute approximate surface area is 83.8 Å². The Morgan fingerprint density at radius 2 is 2.50 bits per heavy atom. The Morgan fingerprint density at radius 3 is 3.14 bits per heavy atom. The fourth-order valence-corrected chi connectivity index (χ4v) is 1.71. The number of carboxylic acids is 1. The van der Waals surface area contributed by atoms with E-state index in [2.05, 4.69) is 4.98 Å². The number of hydrogen-bond acceptors (Lipinski definition) is 4. The molecule has 0 saturated heterocycles. The molecule has 0 atom stereocenters. The van der Waals surface area contributed by atoms with Crippen molar-refractivity contribution in [2.75, 3.05) is 0 Å². The lowest BCUT2D eigenvalue weighted by atomic mass is 10.3. The van der Waals surface area contributed by atoms with Gasteiger partial charge in [-0.05, 0) is 11.4 Å². The number of carbonyl (C=O) groups is 1. The third-order valence-electron chi connectivity index (χ3n) is 1.62. The van der Waals surface area contributed by atoms with Gasteiger partial charge in [0.1, 0.15) is 6.26 Å². The summed E-state index contributed by atoms with van der Waals surface area (Å²) in [5.74, 6) is -0.424. The lowest BCUT2D eigenvalue weighted by Crippen LogP contribution is -1.99. The first-order valence-electron chi connectivity index (χ1n) is 3.96. The normalized spacial score (nSPS) is 10.3. The highest BCUT2D eigenvalue weighted by Crippen LogP contribution is 2.23. The molecular weight excluding hydrogens is 202 g/mol. The number of hydrogen-bond donors (Lipinski definition) is 1. The predicted molar refractivity (Wildman–Crippen MR) is 51.2 cm³/mol. The zero-order chi connectivity index (χ0) is 9.97. The molecule has 0 amide bonds. The van der Waals surface area contributed by atoms with Gasteiger partial charge in [-0.1, -0.05) is 6.07 Å². The van der Waals surface area contributed by atoms with Crippen molar-refractivity contribution in [3.8, 4) is 10.8 Å². The lowest BCUT2D eigenvalue weighted by Gasteiger charge is -1.86. The van der Waals surface area contributed by atoms with Crippen molar-refractivity contribution < 1.29 is 14.3 Å². The Bertz CT molecular complexity index is 433. The summed E-state index contributed by atoms with van der Waals surface area (Å²) in [4.78, 5) is 15.3. The Balaban J connectivity index is 2.22. The summed E-state index contributed by atoms with van der Waals surface area (Å²) in [6, 6.07) is 3.77. The zero-order valence-corrected chi connectivity index (χ0v) is 7.95. The molecule has 0 bridgehead atoms. The quantitative estimate of drug-likeness (QED) is 0.840. The van der Waals surface area contributed by atoms with E-state index >= 15 is 0 Å². The minimum absolute atomic E-state index is 0.102. The van der Waals surface area contributed by atoms with Gasteiger partial charge in [-0.3, -0.25) is 4.79 Å². The number of rotatable bonds is 3. The molecule has 0 radical (unpaired) electrons. The van der Waals surface area contributed by atoms with Crippen LogP contribution in [-0.4, -0.2) is 16.1 Å². The molecule has 0 aliphatic rings. The molecule has 14 heavy (non-hydrogen) atoms. The molecule has 72 valence electrons. The largest absolute Gasteiger partial charge is 0.481 e. The number of thiophene rings is 1. The topological polar surface area (TPSA) is 63.3 Å². The molecule has 1 N–H and O–H groups in total. The summed E-state index contributed by atoms with van der Waals surface area (Å²) in [7, 11) is 0. The van der Waals surface area contributed by atoms with Gasteiger partial charge in [0.25, 0.3) is 0 Å². The highest BCUT2D eigenvalue weighted by molar-refractivity contribution is 7.13. The molecule has 2 aromatic rings. The summed E-state index contributed by atoms with van der Waals surface area (Å²) >= 11 is 1.50. The lowest BCUT2D eigenvalue weighted by molar-refractivity contribution is -0.136. The maximum Gasteiger partial charge on any atom is 0.309 e. The molecule has 4 nitrogen and oxygen atoms in total. The van der Waals surface area contributed by atoms with Gasteiger partial charge < -0.3 is 9.52 Å². The zero-order valence-electron chi connectivity index (χ0n) is 7.14. The molecular formula is C9H7NO3S. The second-order valence-corrected chi connectivity index (χ2v) is 3.64. The molecule has 5 heteroatoms. The van der Waals surface area contributed by atoms with Crippen LogP contribution in [0.1, 0.15) is 5.69 Å². The summed E-state index contributed by atoms with van der Waals surface area (Å²) < 4.78 is 5.15. The molecule has 0 aliphatic heterocycles. The van der Waals surface area contributed by atoms with Crippen LogP contribution in [0.15, 0.2) is 28.2 Å². The fraction of sp³-hybridized carbons (Fsp3) is 0.111. The first-order valence-corrected chi connectivity index (χ1v) is 4.84. The summed E-state index contributed by atoms with van der Waals surface area (Å²) in [6.45, 7) is 0. The summed E-state index contributed by atoms with van der Waals surface area (Å²) in [5.41, 5.74) is 0.445. The Hall–Kier alpha value is -1.62. The first kappa shape index (κ1) is 8.96. The smallest absolute Gasteiger partial charge is 0.309 e. The highest BCUT2D eigenvalue weighted by atomic mass is 32.1. The Morgan fingerprint density at radius 1 is 1.64 bits per heavy atom. The van der Waals surface area contributed by atoms with E-state index in [9.17, 15) is 4.79 Å².